The number of carbonyl (C=O) groups excluding carboxylic acids is 1. The van der Waals surface area contributed by atoms with Crippen molar-refractivity contribution in [1.82, 2.24) is 30.2 Å². The van der Waals surface area contributed by atoms with Gasteiger partial charge in [-0.3, -0.25) is 14.6 Å². The van der Waals surface area contributed by atoms with Crippen molar-refractivity contribution in [3.8, 4) is 11.3 Å². The first-order chi connectivity index (χ1) is 13.0. The lowest BCUT2D eigenvalue weighted by atomic mass is 9.83. The molecule has 2 fully saturated rings. The molecule has 4 heterocycles. The molecule has 0 aliphatic carbocycles. The van der Waals surface area contributed by atoms with E-state index in [1.165, 1.54) is 45.2 Å². The second-order valence-electron chi connectivity index (χ2n) is 8.05. The van der Waals surface area contributed by atoms with Crippen LogP contribution in [0.1, 0.15) is 54.0 Å². The molecular weight excluding hydrogens is 340 g/mol. The maximum atomic E-state index is 12.7. The van der Waals surface area contributed by atoms with Gasteiger partial charge in [0.2, 0.25) is 0 Å². The number of aromatic amines is 1. The van der Waals surface area contributed by atoms with Crippen molar-refractivity contribution in [3.63, 3.8) is 0 Å². The molecule has 0 spiro atoms. The minimum absolute atomic E-state index is 0.0686. The fourth-order valence-corrected chi connectivity index (χ4v) is 4.84. The standard InChI is InChI=1S/C20H30N6O/c1-13-19(14(2)25(3)24-13)16-11-17(23-22-16)20(27)21-12-15-7-6-10-26-9-5-4-8-18(15)26/h11,15,18H,4-10,12H2,1-3H3,(H,21,27)(H,22,23)/t15-,18-/m0/s1. The summed E-state index contributed by atoms with van der Waals surface area (Å²) < 4.78 is 1.85. The number of aryl methyl sites for hydroxylation is 2. The van der Waals surface area contributed by atoms with E-state index in [0.29, 0.717) is 17.7 Å². The smallest absolute Gasteiger partial charge is 0.269 e. The second kappa shape index (κ2) is 7.46. The van der Waals surface area contributed by atoms with E-state index >= 15 is 0 Å². The van der Waals surface area contributed by atoms with Crippen molar-refractivity contribution in [3.05, 3.63) is 23.1 Å². The molecule has 1 amide bonds. The van der Waals surface area contributed by atoms with Crippen LogP contribution in [0.4, 0.5) is 0 Å². The Kier molecular flexibility index (Phi) is 5.04. The third-order valence-corrected chi connectivity index (χ3v) is 6.34. The Balaban J connectivity index is 1.41. The van der Waals surface area contributed by atoms with Gasteiger partial charge in [-0.15, -0.1) is 0 Å². The highest BCUT2D eigenvalue weighted by Gasteiger charge is 2.33. The minimum atomic E-state index is -0.0686. The summed E-state index contributed by atoms with van der Waals surface area (Å²) in [5, 5.41) is 14.8. The molecule has 0 saturated carbocycles. The van der Waals surface area contributed by atoms with Crippen molar-refractivity contribution < 1.29 is 4.79 Å². The fourth-order valence-electron chi connectivity index (χ4n) is 4.84. The van der Waals surface area contributed by atoms with E-state index in [4.69, 9.17) is 0 Å². The molecule has 27 heavy (non-hydrogen) atoms. The van der Waals surface area contributed by atoms with Crippen LogP contribution in [-0.2, 0) is 7.05 Å². The SMILES string of the molecule is Cc1nn(C)c(C)c1-c1cc(C(=O)NC[C@@H]2CCCN3CCCC[C@@H]23)[nH]n1. The Morgan fingerprint density at radius 1 is 1.26 bits per heavy atom. The summed E-state index contributed by atoms with van der Waals surface area (Å²) in [7, 11) is 1.92. The van der Waals surface area contributed by atoms with Crippen LogP contribution in [0.15, 0.2) is 6.07 Å². The van der Waals surface area contributed by atoms with Crippen molar-refractivity contribution in [2.75, 3.05) is 19.6 Å². The summed E-state index contributed by atoms with van der Waals surface area (Å²) in [6.45, 7) is 7.18. The van der Waals surface area contributed by atoms with Crippen LogP contribution in [0.25, 0.3) is 11.3 Å². The summed E-state index contributed by atoms with van der Waals surface area (Å²) in [6, 6.07) is 2.48. The van der Waals surface area contributed by atoms with Gasteiger partial charge in [0.25, 0.3) is 5.91 Å². The quantitative estimate of drug-likeness (QED) is 0.866. The lowest BCUT2D eigenvalue weighted by Gasteiger charge is -2.44. The molecule has 0 bridgehead atoms. The van der Waals surface area contributed by atoms with Crippen LogP contribution in [0.3, 0.4) is 0 Å². The van der Waals surface area contributed by atoms with E-state index in [2.05, 4.69) is 25.5 Å². The summed E-state index contributed by atoms with van der Waals surface area (Å²) >= 11 is 0. The van der Waals surface area contributed by atoms with E-state index in [1.807, 2.05) is 31.6 Å². The lowest BCUT2D eigenvalue weighted by Crippen LogP contribution is -2.51. The number of nitrogens with zero attached hydrogens (tertiary/aromatic N) is 4. The first-order valence-corrected chi connectivity index (χ1v) is 10.1. The number of fused-ring (bicyclic) bond motifs is 1. The molecule has 0 radical (unpaired) electrons. The zero-order chi connectivity index (χ0) is 19.0. The van der Waals surface area contributed by atoms with Gasteiger partial charge in [-0.2, -0.15) is 10.2 Å². The maximum Gasteiger partial charge on any atom is 0.269 e. The first kappa shape index (κ1) is 18.2. The predicted octanol–water partition coefficient (Wildman–Crippen LogP) is 2.42. The number of nitrogens with one attached hydrogen (secondary N) is 2. The third-order valence-electron chi connectivity index (χ3n) is 6.34. The van der Waals surface area contributed by atoms with E-state index in [1.54, 1.807) is 0 Å². The Bertz CT molecular complexity index is 821. The van der Waals surface area contributed by atoms with E-state index in [9.17, 15) is 4.79 Å². The van der Waals surface area contributed by atoms with Crippen LogP contribution in [0, 0.1) is 19.8 Å². The maximum absolute atomic E-state index is 12.7. The van der Waals surface area contributed by atoms with Gasteiger partial charge in [-0.1, -0.05) is 6.42 Å². The van der Waals surface area contributed by atoms with Crippen LogP contribution >= 0.6 is 0 Å². The van der Waals surface area contributed by atoms with Crippen molar-refractivity contribution in [2.24, 2.45) is 13.0 Å². The van der Waals surface area contributed by atoms with Crippen molar-refractivity contribution in [1.29, 1.82) is 0 Å². The average molecular weight is 371 g/mol. The monoisotopic (exact) mass is 370 g/mol. The van der Waals surface area contributed by atoms with E-state index < -0.39 is 0 Å². The number of hydrogen-bond donors (Lipinski definition) is 2. The molecule has 2 atom stereocenters. The minimum Gasteiger partial charge on any atom is -0.350 e. The number of piperidine rings is 2. The largest absolute Gasteiger partial charge is 0.350 e. The Morgan fingerprint density at radius 3 is 2.85 bits per heavy atom. The Hall–Kier alpha value is -2.15. The molecule has 2 N–H and O–H groups in total. The third kappa shape index (κ3) is 3.52. The number of hydrogen-bond acceptors (Lipinski definition) is 4. The lowest BCUT2D eigenvalue weighted by molar-refractivity contribution is 0.0575. The van der Waals surface area contributed by atoms with Gasteiger partial charge >= 0.3 is 0 Å². The number of H-pyrrole nitrogens is 1. The zero-order valence-electron chi connectivity index (χ0n) is 16.6. The number of carbonyl (C=O) groups is 1. The molecular formula is C20H30N6O. The van der Waals surface area contributed by atoms with Crippen LogP contribution in [0.2, 0.25) is 0 Å². The summed E-state index contributed by atoms with van der Waals surface area (Å²) in [4.78, 5) is 15.3. The molecule has 2 aromatic rings. The number of rotatable bonds is 4. The molecule has 7 nitrogen and oxygen atoms in total. The molecule has 0 unspecified atom stereocenters. The molecule has 2 aliphatic rings. The molecule has 0 aromatic carbocycles. The highest BCUT2D eigenvalue weighted by atomic mass is 16.1. The van der Waals surface area contributed by atoms with Crippen LogP contribution in [0.5, 0.6) is 0 Å². The molecule has 2 saturated heterocycles. The topological polar surface area (TPSA) is 78.8 Å². The molecule has 4 rings (SSSR count). The second-order valence-corrected chi connectivity index (χ2v) is 8.05. The predicted molar refractivity (Wildman–Crippen MR) is 105 cm³/mol. The fraction of sp³-hybridized carbons (Fsp3) is 0.650. The molecule has 146 valence electrons. The van der Waals surface area contributed by atoms with Crippen molar-refractivity contribution >= 4 is 5.91 Å². The van der Waals surface area contributed by atoms with Gasteiger partial charge < -0.3 is 10.2 Å². The van der Waals surface area contributed by atoms with Crippen LogP contribution < -0.4 is 5.32 Å². The van der Waals surface area contributed by atoms with Gasteiger partial charge in [-0.25, -0.2) is 0 Å². The summed E-state index contributed by atoms with van der Waals surface area (Å²) in [5.74, 6) is 0.495. The summed E-state index contributed by atoms with van der Waals surface area (Å²) in [5.41, 5.74) is 4.26. The van der Waals surface area contributed by atoms with Gasteiger partial charge in [-0.05, 0) is 64.6 Å². The highest BCUT2D eigenvalue weighted by molar-refractivity contribution is 5.93. The molecule has 7 heteroatoms. The average Bonchev–Trinajstić information content (AvgIpc) is 3.24. The zero-order valence-corrected chi connectivity index (χ0v) is 16.6. The molecule has 2 aromatic heterocycles. The summed E-state index contributed by atoms with van der Waals surface area (Å²) in [6.07, 6.45) is 6.36. The number of amides is 1. The van der Waals surface area contributed by atoms with Gasteiger partial charge in [0, 0.05) is 30.9 Å². The Morgan fingerprint density at radius 2 is 2.07 bits per heavy atom. The van der Waals surface area contributed by atoms with Gasteiger partial charge in [0.05, 0.1) is 11.4 Å². The van der Waals surface area contributed by atoms with Crippen LogP contribution in [-0.4, -0.2) is 56.5 Å². The van der Waals surface area contributed by atoms with Gasteiger partial charge in [0.1, 0.15) is 5.69 Å². The van der Waals surface area contributed by atoms with Crippen molar-refractivity contribution in [2.45, 2.75) is 52.0 Å². The van der Waals surface area contributed by atoms with Gasteiger partial charge in [0.15, 0.2) is 0 Å². The Labute approximate surface area is 160 Å². The van der Waals surface area contributed by atoms with E-state index in [0.717, 1.165) is 29.2 Å². The normalized spacial score (nSPS) is 23.2. The van der Waals surface area contributed by atoms with E-state index in [-0.39, 0.29) is 5.91 Å². The highest BCUT2D eigenvalue weighted by Crippen LogP contribution is 2.30. The molecule has 2 aliphatic heterocycles. The number of aromatic nitrogens is 4. The first-order valence-electron chi connectivity index (χ1n) is 10.1.